The molecule has 1 aromatic heterocycles. The number of nitrogens with zero attached hydrogens (tertiary/aromatic N) is 1. The number of aryl methyl sites for hydroxylation is 1. The van der Waals surface area contributed by atoms with Crippen LogP contribution in [-0.4, -0.2) is 35.8 Å². The summed E-state index contributed by atoms with van der Waals surface area (Å²) in [5.74, 6) is 1.03. The second-order valence-electron chi connectivity index (χ2n) is 5.32. The van der Waals surface area contributed by atoms with Crippen LogP contribution in [-0.2, 0) is 11.2 Å². The first-order chi connectivity index (χ1) is 9.81. The number of ether oxygens (including phenoxy) is 1. The van der Waals surface area contributed by atoms with Crippen molar-refractivity contribution in [3.05, 3.63) is 29.0 Å². The lowest BCUT2D eigenvalue weighted by Gasteiger charge is -2.23. The van der Waals surface area contributed by atoms with Gasteiger partial charge in [-0.2, -0.15) is 0 Å². The molecule has 1 aromatic carbocycles. The van der Waals surface area contributed by atoms with Crippen LogP contribution >= 0.6 is 11.6 Å². The van der Waals surface area contributed by atoms with Crippen LogP contribution in [0.15, 0.2) is 18.2 Å². The van der Waals surface area contributed by atoms with E-state index >= 15 is 0 Å². The molecule has 0 unspecified atom stereocenters. The Kier molecular flexibility index (Phi) is 4.55. The molecule has 20 heavy (non-hydrogen) atoms. The number of rotatable bonds is 5. The van der Waals surface area contributed by atoms with E-state index in [-0.39, 0.29) is 0 Å². The van der Waals surface area contributed by atoms with Crippen LogP contribution in [0.2, 0.25) is 5.02 Å². The van der Waals surface area contributed by atoms with E-state index in [1.54, 1.807) is 0 Å². The molecule has 1 aliphatic heterocycles. The Hall–Kier alpha value is -1.10. The van der Waals surface area contributed by atoms with Gasteiger partial charge in [0.05, 0.1) is 17.6 Å². The number of halogens is 1. The van der Waals surface area contributed by atoms with E-state index < -0.39 is 0 Å². The normalized spacial score (nSPS) is 19.6. The summed E-state index contributed by atoms with van der Waals surface area (Å²) < 4.78 is 5.45. The number of aromatic amines is 1. The first kappa shape index (κ1) is 13.9. The highest BCUT2D eigenvalue weighted by Crippen LogP contribution is 2.17. The largest absolute Gasteiger partial charge is 0.380 e. The van der Waals surface area contributed by atoms with E-state index in [0.29, 0.717) is 6.04 Å². The van der Waals surface area contributed by atoms with Gasteiger partial charge in [0.25, 0.3) is 0 Å². The third kappa shape index (κ3) is 3.51. The van der Waals surface area contributed by atoms with Crippen molar-refractivity contribution in [2.75, 3.05) is 19.8 Å². The Morgan fingerprint density at radius 2 is 2.40 bits per heavy atom. The van der Waals surface area contributed by atoms with E-state index in [2.05, 4.69) is 15.3 Å². The number of aromatic nitrogens is 2. The number of imidazole rings is 1. The lowest BCUT2D eigenvalue weighted by Crippen LogP contribution is -2.37. The maximum Gasteiger partial charge on any atom is 0.107 e. The van der Waals surface area contributed by atoms with Gasteiger partial charge in [-0.15, -0.1) is 0 Å². The number of fused-ring (bicyclic) bond motifs is 1. The zero-order valence-corrected chi connectivity index (χ0v) is 12.2. The lowest BCUT2D eigenvalue weighted by molar-refractivity contribution is 0.0705. The van der Waals surface area contributed by atoms with Gasteiger partial charge in [-0.1, -0.05) is 11.6 Å². The predicted octanol–water partition coefficient (Wildman–Crippen LogP) is 2.92. The van der Waals surface area contributed by atoms with E-state index in [0.717, 1.165) is 54.5 Å². The quantitative estimate of drug-likeness (QED) is 0.834. The lowest BCUT2D eigenvalue weighted by atomic mass is 10.1. The maximum absolute atomic E-state index is 5.97. The molecule has 2 aromatic rings. The number of H-pyrrole nitrogens is 1. The molecule has 1 saturated heterocycles. The summed E-state index contributed by atoms with van der Waals surface area (Å²) in [5, 5.41) is 4.29. The number of nitrogens with one attached hydrogen (secondary N) is 2. The summed E-state index contributed by atoms with van der Waals surface area (Å²) in [6.07, 6.45) is 4.42. The first-order valence-corrected chi connectivity index (χ1v) is 7.64. The second-order valence-corrected chi connectivity index (χ2v) is 5.75. The van der Waals surface area contributed by atoms with Crippen LogP contribution in [0.25, 0.3) is 11.0 Å². The van der Waals surface area contributed by atoms with Gasteiger partial charge in [0.2, 0.25) is 0 Å². The molecule has 4 nitrogen and oxygen atoms in total. The highest BCUT2D eigenvalue weighted by Gasteiger charge is 2.12. The smallest absolute Gasteiger partial charge is 0.107 e. The van der Waals surface area contributed by atoms with Crippen LogP contribution in [0, 0.1) is 0 Å². The van der Waals surface area contributed by atoms with Gasteiger partial charge in [0.15, 0.2) is 0 Å². The van der Waals surface area contributed by atoms with Crippen LogP contribution < -0.4 is 5.32 Å². The molecular formula is C15H20ClN3O. The van der Waals surface area contributed by atoms with Crippen LogP contribution in [0.3, 0.4) is 0 Å². The summed E-state index contributed by atoms with van der Waals surface area (Å²) in [6.45, 7) is 2.77. The van der Waals surface area contributed by atoms with Gasteiger partial charge in [0.1, 0.15) is 5.82 Å². The Labute approximate surface area is 123 Å². The SMILES string of the molecule is Clc1ccc2nc(CCCN[C@H]3CCCOC3)[nH]c2c1. The fraction of sp³-hybridized carbons (Fsp3) is 0.533. The highest BCUT2D eigenvalue weighted by molar-refractivity contribution is 6.31. The maximum atomic E-state index is 5.97. The monoisotopic (exact) mass is 293 g/mol. The minimum atomic E-state index is 0.526. The molecule has 0 radical (unpaired) electrons. The molecule has 2 N–H and O–H groups in total. The Morgan fingerprint density at radius 1 is 1.45 bits per heavy atom. The first-order valence-electron chi connectivity index (χ1n) is 7.26. The Bertz CT molecular complexity index is 563. The Balaban J connectivity index is 1.47. The van der Waals surface area contributed by atoms with Crippen molar-refractivity contribution in [2.24, 2.45) is 0 Å². The Morgan fingerprint density at radius 3 is 3.25 bits per heavy atom. The molecule has 0 saturated carbocycles. The van der Waals surface area contributed by atoms with Gasteiger partial charge in [-0.05, 0) is 44.0 Å². The van der Waals surface area contributed by atoms with Gasteiger partial charge in [0, 0.05) is 24.1 Å². The van der Waals surface area contributed by atoms with Crippen molar-refractivity contribution in [1.82, 2.24) is 15.3 Å². The van der Waals surface area contributed by atoms with Crippen molar-refractivity contribution >= 4 is 22.6 Å². The molecule has 0 amide bonds. The van der Waals surface area contributed by atoms with Crippen molar-refractivity contribution in [2.45, 2.75) is 31.7 Å². The standard InChI is InChI=1S/C15H20ClN3O/c16-11-5-6-13-14(9-11)19-15(18-13)4-1-7-17-12-3-2-8-20-10-12/h5-6,9,12,17H,1-4,7-8,10H2,(H,18,19)/t12-/m0/s1. The molecule has 3 rings (SSSR count). The van der Waals surface area contributed by atoms with Gasteiger partial charge < -0.3 is 15.0 Å². The van der Waals surface area contributed by atoms with Crippen molar-refractivity contribution in [3.8, 4) is 0 Å². The van der Waals surface area contributed by atoms with E-state index in [1.165, 1.54) is 12.8 Å². The third-order valence-electron chi connectivity index (χ3n) is 3.68. The molecule has 0 aliphatic carbocycles. The molecule has 5 heteroatoms. The molecule has 2 heterocycles. The number of benzene rings is 1. The van der Waals surface area contributed by atoms with Crippen LogP contribution in [0.5, 0.6) is 0 Å². The fourth-order valence-corrected chi connectivity index (χ4v) is 2.79. The number of hydrogen-bond donors (Lipinski definition) is 2. The van der Waals surface area contributed by atoms with E-state index in [9.17, 15) is 0 Å². The van der Waals surface area contributed by atoms with E-state index in [4.69, 9.17) is 16.3 Å². The number of hydrogen-bond acceptors (Lipinski definition) is 3. The minimum absolute atomic E-state index is 0.526. The third-order valence-corrected chi connectivity index (χ3v) is 3.91. The average molecular weight is 294 g/mol. The zero-order chi connectivity index (χ0) is 13.8. The molecule has 1 atom stereocenters. The zero-order valence-electron chi connectivity index (χ0n) is 11.5. The molecule has 0 bridgehead atoms. The predicted molar refractivity (Wildman–Crippen MR) is 81.3 cm³/mol. The van der Waals surface area contributed by atoms with Crippen molar-refractivity contribution in [1.29, 1.82) is 0 Å². The summed E-state index contributed by atoms with van der Waals surface area (Å²) in [6, 6.07) is 6.28. The molecule has 108 valence electrons. The van der Waals surface area contributed by atoms with E-state index in [1.807, 2.05) is 18.2 Å². The van der Waals surface area contributed by atoms with Crippen molar-refractivity contribution in [3.63, 3.8) is 0 Å². The van der Waals surface area contributed by atoms with Gasteiger partial charge in [-0.25, -0.2) is 4.98 Å². The minimum Gasteiger partial charge on any atom is -0.380 e. The molecule has 1 aliphatic rings. The second kappa shape index (κ2) is 6.57. The van der Waals surface area contributed by atoms with Crippen LogP contribution in [0.4, 0.5) is 0 Å². The average Bonchev–Trinajstić information content (AvgIpc) is 2.86. The van der Waals surface area contributed by atoms with Crippen molar-refractivity contribution < 1.29 is 4.74 Å². The molecule has 0 spiro atoms. The highest BCUT2D eigenvalue weighted by atomic mass is 35.5. The fourth-order valence-electron chi connectivity index (χ4n) is 2.62. The molecular weight excluding hydrogens is 274 g/mol. The van der Waals surface area contributed by atoms with Crippen LogP contribution in [0.1, 0.15) is 25.1 Å². The molecule has 1 fully saturated rings. The van der Waals surface area contributed by atoms with Gasteiger partial charge >= 0.3 is 0 Å². The summed E-state index contributed by atoms with van der Waals surface area (Å²) in [5.41, 5.74) is 2.00. The van der Waals surface area contributed by atoms with Gasteiger partial charge in [-0.3, -0.25) is 0 Å². The summed E-state index contributed by atoms with van der Waals surface area (Å²) in [7, 11) is 0. The topological polar surface area (TPSA) is 49.9 Å². The summed E-state index contributed by atoms with van der Waals surface area (Å²) in [4.78, 5) is 7.90. The summed E-state index contributed by atoms with van der Waals surface area (Å²) >= 11 is 5.97.